The second-order valence-corrected chi connectivity index (χ2v) is 5.94. The molecule has 116 valence electrons. The van der Waals surface area contributed by atoms with E-state index in [0.717, 1.165) is 50.3 Å². The molecule has 1 aromatic rings. The van der Waals surface area contributed by atoms with Crippen molar-refractivity contribution in [3.8, 4) is 6.07 Å². The third-order valence-corrected chi connectivity index (χ3v) is 4.27. The van der Waals surface area contributed by atoms with E-state index < -0.39 is 0 Å². The molecule has 2 rings (SSSR count). The number of hydrogen-bond donors (Lipinski definition) is 1. The van der Waals surface area contributed by atoms with Gasteiger partial charge < -0.3 is 0 Å². The second-order valence-electron chi connectivity index (χ2n) is 5.94. The molecule has 0 bridgehead atoms. The highest BCUT2D eigenvalue weighted by atomic mass is 15.3. The molecule has 1 heterocycles. The first-order valence-electron chi connectivity index (χ1n) is 8.27. The highest BCUT2D eigenvalue weighted by Gasteiger charge is 2.34. The number of hydrogen-bond acceptors (Lipinski definition) is 4. The molecule has 5 nitrogen and oxygen atoms in total. The molecule has 1 unspecified atom stereocenters. The maximum absolute atomic E-state index is 9.55. The maximum Gasteiger partial charge on any atom is 0.150 e. The van der Waals surface area contributed by atoms with Gasteiger partial charge in [0.1, 0.15) is 11.4 Å². The van der Waals surface area contributed by atoms with E-state index in [2.05, 4.69) is 42.2 Å². The first-order valence-corrected chi connectivity index (χ1v) is 8.27. The number of aryl methyl sites for hydroxylation is 3. The van der Waals surface area contributed by atoms with Gasteiger partial charge in [-0.3, -0.25) is 5.32 Å². The predicted octanol–water partition coefficient (Wildman–Crippen LogP) is 2.61. The highest BCUT2D eigenvalue weighted by molar-refractivity contribution is 5.09. The lowest BCUT2D eigenvalue weighted by atomic mass is 9.92. The van der Waals surface area contributed by atoms with Gasteiger partial charge in [0.2, 0.25) is 0 Å². The summed E-state index contributed by atoms with van der Waals surface area (Å²) in [7, 11) is 0. The van der Waals surface area contributed by atoms with Gasteiger partial charge in [-0.05, 0) is 32.1 Å². The van der Waals surface area contributed by atoms with Gasteiger partial charge in [0.25, 0.3) is 0 Å². The Morgan fingerprint density at radius 3 is 2.62 bits per heavy atom. The van der Waals surface area contributed by atoms with Crippen molar-refractivity contribution in [3.05, 3.63) is 11.6 Å². The third-order valence-electron chi connectivity index (χ3n) is 4.27. The topological polar surface area (TPSA) is 66.5 Å². The minimum Gasteiger partial charge on any atom is -0.297 e. The van der Waals surface area contributed by atoms with Gasteiger partial charge >= 0.3 is 0 Å². The Balaban J connectivity index is 1.92. The van der Waals surface area contributed by atoms with E-state index in [1.165, 1.54) is 12.8 Å². The summed E-state index contributed by atoms with van der Waals surface area (Å²) in [6.07, 6.45) is 6.91. The molecule has 1 saturated carbocycles. The van der Waals surface area contributed by atoms with E-state index in [9.17, 15) is 5.26 Å². The van der Waals surface area contributed by atoms with Crippen molar-refractivity contribution in [2.75, 3.05) is 0 Å². The number of aromatic nitrogens is 3. The first-order chi connectivity index (χ1) is 10.2. The molecule has 0 aliphatic heterocycles. The van der Waals surface area contributed by atoms with Crippen molar-refractivity contribution in [2.45, 2.75) is 83.8 Å². The van der Waals surface area contributed by atoms with Crippen LogP contribution in [0, 0.1) is 11.3 Å². The van der Waals surface area contributed by atoms with Gasteiger partial charge in [-0.2, -0.15) is 10.4 Å². The van der Waals surface area contributed by atoms with Gasteiger partial charge in [-0.25, -0.2) is 9.67 Å². The molecular formula is C16H27N5. The number of rotatable bonds is 9. The molecule has 0 saturated heterocycles. The minimum absolute atomic E-state index is 0.359. The Labute approximate surface area is 127 Å². The molecule has 1 aliphatic rings. The standard InChI is InChI=1S/C16H27N5/c1-4-14-18-15(5-2)21(20-14)11-7-10-16(6-3,12-17)19-13-8-9-13/h13,19H,4-11H2,1-3H3. The van der Waals surface area contributed by atoms with Crippen molar-refractivity contribution < 1.29 is 0 Å². The molecule has 21 heavy (non-hydrogen) atoms. The monoisotopic (exact) mass is 289 g/mol. The van der Waals surface area contributed by atoms with Crippen molar-refractivity contribution in [1.82, 2.24) is 20.1 Å². The van der Waals surface area contributed by atoms with Gasteiger partial charge in [-0.15, -0.1) is 0 Å². The van der Waals surface area contributed by atoms with E-state index in [1.807, 2.05) is 4.68 Å². The summed E-state index contributed by atoms with van der Waals surface area (Å²) in [5, 5.41) is 17.6. The van der Waals surface area contributed by atoms with Gasteiger partial charge in [0.05, 0.1) is 6.07 Å². The van der Waals surface area contributed by atoms with Crippen LogP contribution in [0.2, 0.25) is 0 Å². The van der Waals surface area contributed by atoms with Crippen LogP contribution in [0.25, 0.3) is 0 Å². The first kappa shape index (κ1) is 16.0. The summed E-state index contributed by atoms with van der Waals surface area (Å²) < 4.78 is 2.02. The Morgan fingerprint density at radius 1 is 1.33 bits per heavy atom. The molecule has 1 fully saturated rings. The van der Waals surface area contributed by atoms with Crippen LogP contribution in [0.3, 0.4) is 0 Å². The van der Waals surface area contributed by atoms with Gasteiger partial charge in [0, 0.05) is 25.4 Å². The average molecular weight is 289 g/mol. The second kappa shape index (κ2) is 7.04. The highest BCUT2D eigenvalue weighted by Crippen LogP contribution is 2.26. The summed E-state index contributed by atoms with van der Waals surface area (Å²) in [6.45, 7) is 7.14. The molecule has 0 amide bonds. The van der Waals surface area contributed by atoms with E-state index in [4.69, 9.17) is 0 Å². The average Bonchev–Trinajstić information content (AvgIpc) is 3.23. The molecule has 1 N–H and O–H groups in total. The Kier molecular flexibility index (Phi) is 5.35. The Hall–Kier alpha value is -1.41. The quantitative estimate of drug-likeness (QED) is 0.759. The fourth-order valence-electron chi connectivity index (χ4n) is 2.68. The Bertz CT molecular complexity index is 497. The molecule has 1 aliphatic carbocycles. The smallest absolute Gasteiger partial charge is 0.150 e. The summed E-state index contributed by atoms with van der Waals surface area (Å²) in [6, 6.07) is 3.08. The van der Waals surface area contributed by atoms with Crippen LogP contribution in [0.15, 0.2) is 0 Å². The van der Waals surface area contributed by atoms with E-state index in [-0.39, 0.29) is 5.54 Å². The number of nitrogens with one attached hydrogen (secondary N) is 1. The van der Waals surface area contributed by atoms with Crippen molar-refractivity contribution in [3.63, 3.8) is 0 Å². The predicted molar refractivity (Wildman–Crippen MR) is 82.8 cm³/mol. The lowest BCUT2D eigenvalue weighted by Crippen LogP contribution is -2.44. The van der Waals surface area contributed by atoms with E-state index in [0.29, 0.717) is 6.04 Å². The van der Waals surface area contributed by atoms with Crippen LogP contribution in [-0.2, 0) is 19.4 Å². The molecule has 1 aromatic heterocycles. The SMILES string of the molecule is CCc1nc(CC)n(CCCC(C#N)(CC)NC2CC2)n1. The molecule has 1 atom stereocenters. The van der Waals surface area contributed by atoms with Crippen LogP contribution in [0.5, 0.6) is 0 Å². The lowest BCUT2D eigenvalue weighted by Gasteiger charge is -2.26. The Morgan fingerprint density at radius 2 is 2.10 bits per heavy atom. The van der Waals surface area contributed by atoms with Crippen LogP contribution in [-0.4, -0.2) is 26.3 Å². The number of nitrogens with zero attached hydrogens (tertiary/aromatic N) is 4. The van der Waals surface area contributed by atoms with Crippen LogP contribution < -0.4 is 5.32 Å². The number of nitriles is 1. The zero-order chi connectivity index (χ0) is 15.3. The summed E-state index contributed by atoms with van der Waals surface area (Å²) in [4.78, 5) is 4.53. The molecular weight excluding hydrogens is 262 g/mol. The van der Waals surface area contributed by atoms with E-state index in [1.54, 1.807) is 0 Å². The van der Waals surface area contributed by atoms with Gasteiger partial charge in [-0.1, -0.05) is 20.8 Å². The van der Waals surface area contributed by atoms with Crippen molar-refractivity contribution in [1.29, 1.82) is 5.26 Å². The molecule has 0 spiro atoms. The van der Waals surface area contributed by atoms with Crippen molar-refractivity contribution in [2.24, 2.45) is 0 Å². The van der Waals surface area contributed by atoms with E-state index >= 15 is 0 Å². The summed E-state index contributed by atoms with van der Waals surface area (Å²) in [5.74, 6) is 1.98. The molecule has 0 radical (unpaired) electrons. The zero-order valence-corrected chi connectivity index (χ0v) is 13.5. The van der Waals surface area contributed by atoms with Crippen LogP contribution in [0.4, 0.5) is 0 Å². The lowest BCUT2D eigenvalue weighted by molar-refractivity contribution is 0.346. The fraction of sp³-hybridized carbons (Fsp3) is 0.812. The van der Waals surface area contributed by atoms with Gasteiger partial charge in [0.15, 0.2) is 5.82 Å². The van der Waals surface area contributed by atoms with Crippen molar-refractivity contribution >= 4 is 0 Å². The third kappa shape index (κ3) is 4.04. The minimum atomic E-state index is -0.359. The fourth-order valence-corrected chi connectivity index (χ4v) is 2.68. The zero-order valence-electron chi connectivity index (χ0n) is 13.5. The maximum atomic E-state index is 9.55. The van der Waals surface area contributed by atoms with Crippen LogP contribution in [0.1, 0.15) is 64.5 Å². The summed E-state index contributed by atoms with van der Waals surface area (Å²) in [5.41, 5.74) is -0.359. The molecule has 0 aromatic carbocycles. The molecule has 5 heteroatoms. The van der Waals surface area contributed by atoms with Crippen LogP contribution >= 0.6 is 0 Å². The summed E-state index contributed by atoms with van der Waals surface area (Å²) >= 11 is 0. The largest absolute Gasteiger partial charge is 0.297 e. The normalized spacial score (nSPS) is 17.4.